The van der Waals surface area contributed by atoms with Crippen molar-refractivity contribution in [3.63, 3.8) is 0 Å². The molecule has 0 saturated heterocycles. The van der Waals surface area contributed by atoms with Gasteiger partial charge in [0.25, 0.3) is 0 Å². The Kier molecular flexibility index (Phi) is 5.21. The van der Waals surface area contributed by atoms with Crippen LogP contribution in [0.1, 0.15) is 43.9 Å². The van der Waals surface area contributed by atoms with E-state index in [0.717, 1.165) is 24.1 Å². The number of aryl methyl sites for hydroxylation is 2. The highest BCUT2D eigenvalue weighted by atomic mass is 16.6. The summed E-state index contributed by atoms with van der Waals surface area (Å²) in [6, 6.07) is 4.21. The predicted molar refractivity (Wildman–Crippen MR) is 95.5 cm³/mol. The molecule has 2 amide bonds. The standard InChI is InChI=1S/C19H28N2O3/c1-13-10-14(2)15-8-7-9-21(16(15)11-13)17(22)12-20(6)18(23)24-19(3,4)5/h10-11H,7-9,12H2,1-6H3. The Balaban J connectivity index is 2.13. The van der Waals surface area contributed by atoms with Crippen LogP contribution in [0.25, 0.3) is 0 Å². The summed E-state index contributed by atoms with van der Waals surface area (Å²) in [5.41, 5.74) is 4.02. The fourth-order valence-electron chi connectivity index (χ4n) is 3.03. The quantitative estimate of drug-likeness (QED) is 0.833. The van der Waals surface area contributed by atoms with E-state index < -0.39 is 11.7 Å². The molecule has 1 aromatic rings. The second kappa shape index (κ2) is 6.83. The van der Waals surface area contributed by atoms with Gasteiger partial charge in [-0.2, -0.15) is 0 Å². The van der Waals surface area contributed by atoms with Gasteiger partial charge in [-0.3, -0.25) is 4.79 Å². The van der Waals surface area contributed by atoms with E-state index >= 15 is 0 Å². The third-order valence-corrected chi connectivity index (χ3v) is 4.07. The van der Waals surface area contributed by atoms with Crippen LogP contribution in [0.4, 0.5) is 10.5 Å². The highest BCUT2D eigenvalue weighted by molar-refractivity contribution is 5.97. The minimum atomic E-state index is -0.569. The van der Waals surface area contributed by atoms with E-state index in [-0.39, 0.29) is 12.5 Å². The highest BCUT2D eigenvalue weighted by Gasteiger charge is 2.27. The van der Waals surface area contributed by atoms with Gasteiger partial charge in [-0.25, -0.2) is 4.79 Å². The fraction of sp³-hybridized carbons (Fsp3) is 0.579. The Labute approximate surface area is 144 Å². The van der Waals surface area contributed by atoms with E-state index in [1.165, 1.54) is 16.0 Å². The zero-order valence-electron chi connectivity index (χ0n) is 15.6. The first kappa shape index (κ1) is 18.3. The molecule has 24 heavy (non-hydrogen) atoms. The number of rotatable bonds is 2. The van der Waals surface area contributed by atoms with E-state index in [4.69, 9.17) is 4.74 Å². The average Bonchev–Trinajstić information content (AvgIpc) is 2.44. The van der Waals surface area contributed by atoms with Gasteiger partial charge < -0.3 is 14.5 Å². The van der Waals surface area contributed by atoms with Crippen LogP contribution in [-0.4, -0.2) is 42.6 Å². The number of ether oxygens (including phenoxy) is 1. The lowest BCUT2D eigenvalue weighted by molar-refractivity contribution is -0.119. The van der Waals surface area contributed by atoms with Crippen LogP contribution in [0.15, 0.2) is 12.1 Å². The van der Waals surface area contributed by atoms with Crippen LogP contribution in [0.5, 0.6) is 0 Å². The molecule has 1 heterocycles. The lowest BCUT2D eigenvalue weighted by atomic mass is 9.95. The van der Waals surface area contributed by atoms with Gasteiger partial charge in [0, 0.05) is 19.3 Å². The van der Waals surface area contributed by atoms with Crippen molar-refractivity contribution in [1.82, 2.24) is 4.90 Å². The van der Waals surface area contributed by atoms with Crippen molar-refractivity contribution in [2.45, 2.75) is 53.1 Å². The number of hydrogen-bond donors (Lipinski definition) is 0. The normalized spacial score (nSPS) is 14.2. The maximum absolute atomic E-state index is 12.7. The van der Waals surface area contributed by atoms with Gasteiger partial charge in [-0.1, -0.05) is 6.07 Å². The van der Waals surface area contributed by atoms with E-state index in [1.54, 1.807) is 11.9 Å². The van der Waals surface area contributed by atoms with Crippen molar-refractivity contribution in [3.8, 4) is 0 Å². The monoisotopic (exact) mass is 332 g/mol. The molecule has 2 rings (SSSR count). The van der Waals surface area contributed by atoms with Gasteiger partial charge >= 0.3 is 6.09 Å². The molecule has 0 aromatic heterocycles. The molecule has 0 unspecified atom stereocenters. The fourth-order valence-corrected chi connectivity index (χ4v) is 3.03. The van der Waals surface area contributed by atoms with Crippen LogP contribution in [0, 0.1) is 13.8 Å². The van der Waals surface area contributed by atoms with Crippen molar-refractivity contribution in [3.05, 3.63) is 28.8 Å². The minimum absolute atomic E-state index is 0.0152. The molecule has 1 aliphatic rings. The van der Waals surface area contributed by atoms with Gasteiger partial charge in [-0.05, 0) is 70.2 Å². The molecular weight excluding hydrogens is 304 g/mol. The van der Waals surface area contributed by atoms with Gasteiger partial charge in [0.15, 0.2) is 0 Å². The van der Waals surface area contributed by atoms with Crippen LogP contribution >= 0.6 is 0 Å². The lowest BCUT2D eigenvalue weighted by Crippen LogP contribution is -2.44. The van der Waals surface area contributed by atoms with E-state index in [2.05, 4.69) is 19.1 Å². The SMILES string of the molecule is Cc1cc(C)c2c(c1)N(C(=O)CN(C)C(=O)OC(C)(C)C)CCC2. The predicted octanol–water partition coefficient (Wildman–Crippen LogP) is 3.45. The Morgan fingerprint density at radius 2 is 1.92 bits per heavy atom. The molecule has 1 aromatic carbocycles. The zero-order chi connectivity index (χ0) is 18.1. The smallest absolute Gasteiger partial charge is 0.410 e. The van der Waals surface area contributed by atoms with Gasteiger partial charge in [0.1, 0.15) is 12.1 Å². The van der Waals surface area contributed by atoms with E-state index in [0.29, 0.717) is 6.54 Å². The third kappa shape index (κ3) is 4.28. The number of fused-ring (bicyclic) bond motifs is 1. The number of carbonyl (C=O) groups excluding carboxylic acids is 2. The molecule has 0 N–H and O–H groups in total. The summed E-state index contributed by atoms with van der Waals surface area (Å²) in [5, 5.41) is 0. The Bertz CT molecular complexity index is 647. The van der Waals surface area contributed by atoms with E-state index in [1.807, 2.05) is 27.7 Å². The highest BCUT2D eigenvalue weighted by Crippen LogP contribution is 2.31. The maximum Gasteiger partial charge on any atom is 0.410 e. The number of amides is 2. The Hall–Kier alpha value is -2.04. The third-order valence-electron chi connectivity index (χ3n) is 4.07. The van der Waals surface area contributed by atoms with Gasteiger partial charge in [0.2, 0.25) is 5.91 Å². The number of nitrogens with zero attached hydrogens (tertiary/aromatic N) is 2. The first-order chi connectivity index (χ1) is 11.1. The summed E-state index contributed by atoms with van der Waals surface area (Å²) in [7, 11) is 1.60. The molecule has 0 aliphatic carbocycles. The van der Waals surface area contributed by atoms with Crippen LogP contribution in [0.2, 0.25) is 0 Å². The van der Waals surface area contributed by atoms with Crippen molar-refractivity contribution >= 4 is 17.7 Å². The molecule has 0 spiro atoms. The summed E-state index contributed by atoms with van der Waals surface area (Å²) < 4.78 is 5.31. The van der Waals surface area contributed by atoms with Crippen molar-refractivity contribution < 1.29 is 14.3 Å². The number of benzene rings is 1. The van der Waals surface area contributed by atoms with Crippen LogP contribution in [-0.2, 0) is 16.0 Å². The summed E-state index contributed by atoms with van der Waals surface area (Å²) in [6.45, 7) is 10.3. The summed E-state index contributed by atoms with van der Waals surface area (Å²) in [6.07, 6.45) is 1.46. The largest absolute Gasteiger partial charge is 0.444 e. The molecule has 5 nitrogen and oxygen atoms in total. The molecule has 0 radical (unpaired) electrons. The first-order valence-electron chi connectivity index (χ1n) is 8.43. The number of carbonyl (C=O) groups is 2. The zero-order valence-corrected chi connectivity index (χ0v) is 15.6. The second-order valence-electron chi connectivity index (χ2n) is 7.56. The van der Waals surface area contributed by atoms with Crippen LogP contribution < -0.4 is 4.90 Å². The Morgan fingerprint density at radius 3 is 2.54 bits per heavy atom. The molecule has 5 heteroatoms. The topological polar surface area (TPSA) is 49.9 Å². The van der Waals surface area contributed by atoms with Gasteiger partial charge in [0.05, 0.1) is 0 Å². The summed E-state index contributed by atoms with van der Waals surface area (Å²) in [4.78, 5) is 27.9. The van der Waals surface area contributed by atoms with Crippen molar-refractivity contribution in [2.24, 2.45) is 0 Å². The molecular formula is C19H28N2O3. The molecule has 132 valence electrons. The second-order valence-corrected chi connectivity index (χ2v) is 7.56. The van der Waals surface area contributed by atoms with Crippen LogP contribution in [0.3, 0.4) is 0 Å². The molecule has 0 saturated carbocycles. The summed E-state index contributed by atoms with van der Waals surface area (Å²) in [5.74, 6) is -0.0747. The molecule has 0 bridgehead atoms. The molecule has 0 atom stereocenters. The van der Waals surface area contributed by atoms with Crippen molar-refractivity contribution in [2.75, 3.05) is 25.0 Å². The molecule has 0 fully saturated rings. The summed E-state index contributed by atoms with van der Waals surface area (Å²) >= 11 is 0. The minimum Gasteiger partial charge on any atom is -0.444 e. The first-order valence-corrected chi connectivity index (χ1v) is 8.43. The van der Waals surface area contributed by atoms with Crippen molar-refractivity contribution in [1.29, 1.82) is 0 Å². The number of anilines is 1. The molecule has 1 aliphatic heterocycles. The van der Waals surface area contributed by atoms with E-state index in [9.17, 15) is 9.59 Å². The number of likely N-dealkylation sites (N-methyl/N-ethyl adjacent to an activating group) is 1. The Morgan fingerprint density at radius 1 is 1.25 bits per heavy atom. The maximum atomic E-state index is 12.7. The number of hydrogen-bond acceptors (Lipinski definition) is 3. The average molecular weight is 332 g/mol. The van der Waals surface area contributed by atoms with Gasteiger partial charge in [-0.15, -0.1) is 0 Å². The lowest BCUT2D eigenvalue weighted by Gasteiger charge is -2.32.